The van der Waals surface area contributed by atoms with Gasteiger partial charge < -0.3 is 15.0 Å². The molecular weight excluding hydrogens is 311 g/mol. The summed E-state index contributed by atoms with van der Waals surface area (Å²) < 4.78 is 5.56. The van der Waals surface area contributed by atoms with Crippen molar-refractivity contribution in [3.63, 3.8) is 0 Å². The third-order valence-electron chi connectivity index (χ3n) is 2.87. The Kier molecular flexibility index (Phi) is 7.29. The predicted octanol–water partition coefficient (Wildman–Crippen LogP) is 3.07. The molecule has 0 spiro atoms. The molecule has 0 aliphatic rings. The van der Waals surface area contributed by atoms with Crippen molar-refractivity contribution in [3.8, 4) is 5.75 Å². The van der Waals surface area contributed by atoms with Crippen molar-refractivity contribution in [1.29, 1.82) is 0 Å². The van der Waals surface area contributed by atoms with E-state index in [4.69, 9.17) is 27.9 Å². The van der Waals surface area contributed by atoms with Gasteiger partial charge in [-0.15, -0.1) is 0 Å². The molecule has 0 unspecified atom stereocenters. The van der Waals surface area contributed by atoms with Gasteiger partial charge in [0.1, 0.15) is 5.75 Å². The number of ether oxygens (including phenoxy) is 1. The lowest BCUT2D eigenvalue weighted by Gasteiger charge is -2.19. The average molecular weight is 333 g/mol. The molecule has 0 saturated carbocycles. The smallest absolute Gasteiger partial charge is 0.260 e. The Morgan fingerprint density at radius 2 is 2.00 bits per heavy atom. The lowest BCUT2D eigenvalue weighted by atomic mass is 10.1. The first-order valence-corrected chi connectivity index (χ1v) is 7.59. The zero-order chi connectivity index (χ0) is 16.0. The second kappa shape index (κ2) is 8.47. The molecule has 0 bridgehead atoms. The lowest BCUT2D eigenvalue weighted by Crippen LogP contribution is -2.40. The van der Waals surface area contributed by atoms with Crippen molar-refractivity contribution >= 4 is 29.1 Å². The van der Waals surface area contributed by atoms with Crippen molar-refractivity contribution in [2.24, 2.45) is 5.92 Å². The molecule has 1 aromatic rings. The Morgan fingerprint density at radius 1 is 1.33 bits per heavy atom. The molecule has 0 fully saturated rings. The first-order chi connectivity index (χ1) is 9.79. The number of halogens is 2. The summed E-state index contributed by atoms with van der Waals surface area (Å²) in [5, 5.41) is 3.80. The van der Waals surface area contributed by atoms with Gasteiger partial charge in [-0.3, -0.25) is 4.79 Å². The second-order valence-corrected chi connectivity index (χ2v) is 6.29. The van der Waals surface area contributed by atoms with E-state index in [-0.39, 0.29) is 5.91 Å². The molecule has 1 rings (SSSR count). The van der Waals surface area contributed by atoms with Crippen molar-refractivity contribution < 1.29 is 9.53 Å². The molecule has 0 aliphatic heterocycles. The molecule has 2 atom stereocenters. The van der Waals surface area contributed by atoms with E-state index in [1.165, 1.54) is 0 Å². The molecule has 4 nitrogen and oxygen atoms in total. The van der Waals surface area contributed by atoms with Gasteiger partial charge in [-0.25, -0.2) is 0 Å². The maximum atomic E-state index is 12.0. The zero-order valence-electron chi connectivity index (χ0n) is 12.8. The molecule has 1 amide bonds. The van der Waals surface area contributed by atoms with E-state index in [9.17, 15) is 4.79 Å². The highest BCUT2D eigenvalue weighted by atomic mass is 35.5. The fraction of sp³-hybridized carbons (Fsp3) is 0.533. The third kappa shape index (κ3) is 6.55. The van der Waals surface area contributed by atoms with Gasteiger partial charge in [-0.2, -0.15) is 0 Å². The summed E-state index contributed by atoms with van der Waals surface area (Å²) in [6, 6.07) is 4.91. The van der Waals surface area contributed by atoms with Crippen molar-refractivity contribution in [2.45, 2.75) is 20.0 Å². The Labute approximate surface area is 136 Å². The molecule has 21 heavy (non-hydrogen) atoms. The highest BCUT2D eigenvalue weighted by Gasteiger charge is 2.17. The van der Waals surface area contributed by atoms with Crippen LogP contribution in [-0.4, -0.2) is 44.1 Å². The molecule has 0 aliphatic carbocycles. The maximum absolute atomic E-state index is 12.0. The lowest BCUT2D eigenvalue weighted by molar-refractivity contribution is -0.127. The fourth-order valence-corrected chi connectivity index (χ4v) is 2.37. The molecule has 0 aromatic heterocycles. The standard InChI is InChI=1S/C15H22Cl2N2O2/c1-10(9-19(3)4)8-18-15(20)11(2)21-14-6-5-12(16)7-13(14)17/h5-7,10-11H,8-9H2,1-4H3,(H,18,20)/t10-,11-/m1/s1. The molecule has 0 saturated heterocycles. The number of hydrogen-bond donors (Lipinski definition) is 1. The molecule has 118 valence electrons. The van der Waals surface area contributed by atoms with Crippen LogP contribution < -0.4 is 10.1 Å². The maximum Gasteiger partial charge on any atom is 0.260 e. The number of hydrogen-bond acceptors (Lipinski definition) is 3. The highest BCUT2D eigenvalue weighted by molar-refractivity contribution is 6.35. The van der Waals surface area contributed by atoms with E-state index in [0.717, 1.165) is 6.54 Å². The monoisotopic (exact) mass is 332 g/mol. The van der Waals surface area contributed by atoms with E-state index >= 15 is 0 Å². The van der Waals surface area contributed by atoms with Gasteiger partial charge in [0.05, 0.1) is 5.02 Å². The largest absolute Gasteiger partial charge is 0.479 e. The van der Waals surface area contributed by atoms with Crippen LogP contribution in [0, 0.1) is 5.92 Å². The number of rotatable bonds is 7. The number of carbonyl (C=O) groups excluding carboxylic acids is 1. The minimum absolute atomic E-state index is 0.161. The van der Waals surface area contributed by atoms with Crippen LogP contribution in [0.3, 0.4) is 0 Å². The van der Waals surface area contributed by atoms with E-state index in [1.807, 2.05) is 14.1 Å². The molecule has 0 heterocycles. The zero-order valence-corrected chi connectivity index (χ0v) is 14.3. The van der Waals surface area contributed by atoms with Crippen LogP contribution in [0.5, 0.6) is 5.75 Å². The minimum atomic E-state index is -0.616. The van der Waals surface area contributed by atoms with Gasteiger partial charge in [-0.1, -0.05) is 30.1 Å². The van der Waals surface area contributed by atoms with Gasteiger partial charge in [0.15, 0.2) is 6.10 Å². The van der Waals surface area contributed by atoms with Gasteiger partial charge in [0.25, 0.3) is 5.91 Å². The molecular formula is C15H22Cl2N2O2. The Morgan fingerprint density at radius 3 is 2.57 bits per heavy atom. The summed E-state index contributed by atoms with van der Waals surface area (Å²) in [5.41, 5.74) is 0. The Bertz CT molecular complexity index is 481. The summed E-state index contributed by atoms with van der Waals surface area (Å²) in [4.78, 5) is 14.1. The number of benzene rings is 1. The second-order valence-electron chi connectivity index (χ2n) is 5.45. The highest BCUT2D eigenvalue weighted by Crippen LogP contribution is 2.28. The first-order valence-electron chi connectivity index (χ1n) is 6.83. The van der Waals surface area contributed by atoms with Crippen LogP contribution in [0.1, 0.15) is 13.8 Å². The fourth-order valence-electron chi connectivity index (χ4n) is 1.92. The van der Waals surface area contributed by atoms with Crippen LogP contribution in [0.25, 0.3) is 0 Å². The third-order valence-corrected chi connectivity index (χ3v) is 3.40. The Hall–Kier alpha value is -0.970. The van der Waals surface area contributed by atoms with Crippen LogP contribution in [0.4, 0.5) is 0 Å². The quantitative estimate of drug-likeness (QED) is 0.834. The van der Waals surface area contributed by atoms with E-state index in [2.05, 4.69) is 17.1 Å². The van der Waals surface area contributed by atoms with Gasteiger partial charge >= 0.3 is 0 Å². The summed E-state index contributed by atoms with van der Waals surface area (Å²) in [6.45, 7) is 5.30. The van der Waals surface area contributed by atoms with Crippen LogP contribution in [0.2, 0.25) is 10.0 Å². The minimum Gasteiger partial charge on any atom is -0.479 e. The van der Waals surface area contributed by atoms with Crippen LogP contribution in [-0.2, 0) is 4.79 Å². The van der Waals surface area contributed by atoms with Crippen LogP contribution >= 0.6 is 23.2 Å². The molecule has 6 heteroatoms. The van der Waals surface area contributed by atoms with Crippen molar-refractivity contribution in [1.82, 2.24) is 10.2 Å². The van der Waals surface area contributed by atoms with Gasteiger partial charge in [0.2, 0.25) is 0 Å². The van der Waals surface area contributed by atoms with Crippen molar-refractivity contribution in [3.05, 3.63) is 28.2 Å². The van der Waals surface area contributed by atoms with E-state index < -0.39 is 6.10 Å². The number of amides is 1. The molecule has 0 radical (unpaired) electrons. The van der Waals surface area contributed by atoms with E-state index in [1.54, 1.807) is 25.1 Å². The number of nitrogens with one attached hydrogen (secondary N) is 1. The molecule has 1 aromatic carbocycles. The molecule has 1 N–H and O–H groups in total. The first kappa shape index (κ1) is 18.1. The summed E-state index contributed by atoms with van der Waals surface area (Å²) in [6.07, 6.45) is -0.616. The average Bonchev–Trinajstić information content (AvgIpc) is 2.38. The van der Waals surface area contributed by atoms with Crippen LogP contribution in [0.15, 0.2) is 18.2 Å². The topological polar surface area (TPSA) is 41.6 Å². The summed E-state index contributed by atoms with van der Waals surface area (Å²) >= 11 is 11.8. The van der Waals surface area contributed by atoms with Gasteiger partial charge in [-0.05, 0) is 45.1 Å². The number of carbonyl (C=O) groups is 1. The number of nitrogens with zero attached hydrogens (tertiary/aromatic N) is 1. The van der Waals surface area contributed by atoms with Gasteiger partial charge in [0, 0.05) is 18.1 Å². The Balaban J connectivity index is 2.47. The SMILES string of the molecule is C[C@H](CNC(=O)[C@@H](C)Oc1ccc(Cl)cc1Cl)CN(C)C. The normalized spacial score (nSPS) is 13.9. The van der Waals surface area contributed by atoms with Crippen molar-refractivity contribution in [2.75, 3.05) is 27.2 Å². The summed E-state index contributed by atoms with van der Waals surface area (Å²) in [5.74, 6) is 0.659. The predicted molar refractivity (Wildman–Crippen MR) is 87.3 cm³/mol. The van der Waals surface area contributed by atoms with E-state index in [0.29, 0.717) is 28.3 Å². The summed E-state index contributed by atoms with van der Waals surface area (Å²) in [7, 11) is 4.01.